The van der Waals surface area contributed by atoms with Gasteiger partial charge in [0.15, 0.2) is 6.61 Å². The third-order valence-electron chi connectivity index (χ3n) is 6.04. The van der Waals surface area contributed by atoms with Gasteiger partial charge in [0.2, 0.25) is 11.8 Å². The number of carbonyl (C=O) groups is 1. The Balaban J connectivity index is 1.29. The van der Waals surface area contributed by atoms with Crippen molar-refractivity contribution >= 4 is 23.5 Å². The standard InChI is InChI=1S/C22H22ClN5O3/c23-16-8-6-14(7-9-16)20-27-26-19(31-20)13-30-21(29)18-12-15-4-1-2-5-17(15)28(18)22-24-10-3-11-25-22/h3,6-11,15,17-18H,1-2,4-5,12-13H2/t15-,17-,18+/m1/s1. The number of nitrogens with zero attached hydrogens (tertiary/aromatic N) is 5. The predicted molar refractivity (Wildman–Crippen MR) is 113 cm³/mol. The Labute approximate surface area is 184 Å². The van der Waals surface area contributed by atoms with Crippen LogP contribution in [0.15, 0.2) is 47.1 Å². The van der Waals surface area contributed by atoms with Gasteiger partial charge >= 0.3 is 5.97 Å². The number of aromatic nitrogens is 4. The van der Waals surface area contributed by atoms with Crippen molar-refractivity contribution in [2.45, 2.75) is 50.8 Å². The number of anilines is 1. The van der Waals surface area contributed by atoms with Gasteiger partial charge in [-0.15, -0.1) is 10.2 Å². The summed E-state index contributed by atoms with van der Waals surface area (Å²) in [6, 6.07) is 8.73. The van der Waals surface area contributed by atoms with Crippen molar-refractivity contribution < 1.29 is 13.9 Å². The zero-order chi connectivity index (χ0) is 21.2. The summed E-state index contributed by atoms with van der Waals surface area (Å²) in [5.74, 6) is 1.33. The SMILES string of the molecule is O=C(OCc1nnc(-c2ccc(Cl)cc2)o1)[C@@H]1C[C@H]2CCCC[C@H]2N1c1ncccn1. The molecule has 2 fully saturated rings. The number of rotatable bonds is 5. The van der Waals surface area contributed by atoms with Crippen LogP contribution in [0, 0.1) is 5.92 Å². The number of halogens is 1. The van der Waals surface area contributed by atoms with E-state index in [2.05, 4.69) is 25.1 Å². The first kappa shape index (κ1) is 19.9. The molecule has 1 saturated carbocycles. The largest absolute Gasteiger partial charge is 0.454 e. The van der Waals surface area contributed by atoms with E-state index < -0.39 is 6.04 Å². The molecule has 3 atom stereocenters. The van der Waals surface area contributed by atoms with E-state index in [9.17, 15) is 4.79 Å². The summed E-state index contributed by atoms with van der Waals surface area (Å²) in [6.45, 7) is -0.0747. The summed E-state index contributed by atoms with van der Waals surface area (Å²) in [5.41, 5.74) is 0.752. The van der Waals surface area contributed by atoms with Crippen LogP contribution in [0.4, 0.5) is 5.95 Å². The lowest BCUT2D eigenvalue weighted by atomic mass is 9.85. The highest BCUT2D eigenvalue weighted by Gasteiger charge is 2.47. The molecular weight excluding hydrogens is 418 g/mol. The van der Waals surface area contributed by atoms with Crippen LogP contribution in [0.2, 0.25) is 5.02 Å². The summed E-state index contributed by atoms with van der Waals surface area (Å²) >= 11 is 5.92. The van der Waals surface area contributed by atoms with E-state index in [1.165, 1.54) is 6.42 Å². The van der Waals surface area contributed by atoms with Gasteiger partial charge in [-0.3, -0.25) is 0 Å². The highest BCUT2D eigenvalue weighted by Crippen LogP contribution is 2.41. The molecule has 1 aliphatic heterocycles. The number of benzene rings is 1. The van der Waals surface area contributed by atoms with Gasteiger partial charge in [-0.05, 0) is 55.5 Å². The summed E-state index contributed by atoms with van der Waals surface area (Å²) < 4.78 is 11.2. The maximum atomic E-state index is 13.0. The summed E-state index contributed by atoms with van der Waals surface area (Å²) in [6.07, 6.45) is 8.67. The fourth-order valence-corrected chi connectivity index (χ4v) is 4.76. The second kappa shape index (κ2) is 8.63. The molecule has 2 aromatic heterocycles. The molecule has 1 saturated heterocycles. The van der Waals surface area contributed by atoms with Crippen molar-refractivity contribution in [2.75, 3.05) is 4.90 Å². The van der Waals surface area contributed by atoms with Gasteiger partial charge in [0, 0.05) is 29.0 Å². The van der Waals surface area contributed by atoms with Crippen LogP contribution < -0.4 is 4.90 Å². The molecule has 0 radical (unpaired) electrons. The van der Waals surface area contributed by atoms with Crippen LogP contribution in [0.1, 0.15) is 38.0 Å². The fraction of sp³-hybridized carbons (Fsp3) is 0.409. The van der Waals surface area contributed by atoms with E-state index in [4.69, 9.17) is 20.8 Å². The topological polar surface area (TPSA) is 94.2 Å². The molecule has 5 rings (SSSR count). The first-order valence-corrected chi connectivity index (χ1v) is 10.9. The van der Waals surface area contributed by atoms with Crippen molar-refractivity contribution in [3.05, 3.63) is 53.6 Å². The lowest BCUT2D eigenvalue weighted by molar-refractivity contribution is -0.147. The molecule has 8 nitrogen and oxygen atoms in total. The number of ether oxygens (including phenoxy) is 1. The third kappa shape index (κ3) is 4.12. The fourth-order valence-electron chi connectivity index (χ4n) is 4.63. The average Bonchev–Trinajstić information content (AvgIpc) is 3.43. The van der Waals surface area contributed by atoms with E-state index in [1.54, 1.807) is 42.7 Å². The second-order valence-corrected chi connectivity index (χ2v) is 8.37. The molecule has 0 bridgehead atoms. The van der Waals surface area contributed by atoms with Gasteiger partial charge in [0.25, 0.3) is 5.89 Å². The number of hydrogen-bond acceptors (Lipinski definition) is 8. The van der Waals surface area contributed by atoms with Crippen molar-refractivity contribution in [1.82, 2.24) is 20.2 Å². The van der Waals surface area contributed by atoms with E-state index in [0.717, 1.165) is 31.2 Å². The highest BCUT2D eigenvalue weighted by molar-refractivity contribution is 6.30. The van der Waals surface area contributed by atoms with E-state index in [1.807, 2.05) is 0 Å². The molecule has 31 heavy (non-hydrogen) atoms. The van der Waals surface area contributed by atoms with Crippen LogP contribution in [-0.2, 0) is 16.1 Å². The van der Waals surface area contributed by atoms with Gasteiger partial charge in [0.05, 0.1) is 0 Å². The Hall–Kier alpha value is -3.00. The van der Waals surface area contributed by atoms with Gasteiger partial charge < -0.3 is 14.1 Å². The normalized spacial score (nSPS) is 22.9. The van der Waals surface area contributed by atoms with Crippen LogP contribution in [0.5, 0.6) is 0 Å². The highest BCUT2D eigenvalue weighted by atomic mass is 35.5. The van der Waals surface area contributed by atoms with Crippen molar-refractivity contribution in [1.29, 1.82) is 0 Å². The number of esters is 1. The van der Waals surface area contributed by atoms with E-state index >= 15 is 0 Å². The minimum absolute atomic E-state index is 0.0747. The number of hydrogen-bond donors (Lipinski definition) is 0. The number of carbonyl (C=O) groups excluding carboxylic acids is 1. The maximum absolute atomic E-state index is 13.0. The molecular formula is C22H22ClN5O3. The van der Waals surface area contributed by atoms with E-state index in [0.29, 0.717) is 22.8 Å². The summed E-state index contributed by atoms with van der Waals surface area (Å²) in [7, 11) is 0. The lowest BCUT2D eigenvalue weighted by Crippen LogP contribution is -2.44. The smallest absolute Gasteiger partial charge is 0.329 e. The molecule has 0 unspecified atom stereocenters. The Bertz CT molecular complexity index is 1040. The Morgan fingerprint density at radius 3 is 2.71 bits per heavy atom. The molecule has 0 N–H and O–H groups in total. The molecule has 1 aliphatic carbocycles. The molecule has 2 aliphatic rings. The van der Waals surface area contributed by atoms with Crippen LogP contribution >= 0.6 is 11.6 Å². The summed E-state index contributed by atoms with van der Waals surface area (Å²) in [4.78, 5) is 23.9. The van der Waals surface area contributed by atoms with Crippen LogP contribution in [-0.4, -0.2) is 38.2 Å². The number of fused-ring (bicyclic) bond motifs is 1. The first-order valence-electron chi connectivity index (χ1n) is 10.5. The zero-order valence-corrected chi connectivity index (χ0v) is 17.6. The first-order chi connectivity index (χ1) is 15.2. The third-order valence-corrected chi connectivity index (χ3v) is 6.29. The molecule has 3 aromatic rings. The molecule has 0 amide bonds. The van der Waals surface area contributed by atoms with Crippen LogP contribution in [0.3, 0.4) is 0 Å². The van der Waals surface area contributed by atoms with Crippen LogP contribution in [0.25, 0.3) is 11.5 Å². The molecule has 0 spiro atoms. The average molecular weight is 440 g/mol. The maximum Gasteiger partial charge on any atom is 0.329 e. The zero-order valence-electron chi connectivity index (χ0n) is 16.9. The van der Waals surface area contributed by atoms with Crippen molar-refractivity contribution in [3.63, 3.8) is 0 Å². The second-order valence-electron chi connectivity index (χ2n) is 7.94. The molecule has 160 valence electrons. The molecule has 9 heteroatoms. The molecule has 1 aromatic carbocycles. The minimum atomic E-state index is -0.408. The quantitative estimate of drug-likeness (QED) is 0.549. The van der Waals surface area contributed by atoms with Gasteiger partial charge in [-0.2, -0.15) is 0 Å². The van der Waals surface area contributed by atoms with Gasteiger partial charge in [-0.1, -0.05) is 24.4 Å². The van der Waals surface area contributed by atoms with E-state index in [-0.39, 0.29) is 24.5 Å². The van der Waals surface area contributed by atoms with Gasteiger partial charge in [-0.25, -0.2) is 14.8 Å². The van der Waals surface area contributed by atoms with Crippen molar-refractivity contribution in [2.24, 2.45) is 5.92 Å². The predicted octanol–water partition coefficient (Wildman–Crippen LogP) is 4.06. The lowest BCUT2D eigenvalue weighted by Gasteiger charge is -2.33. The van der Waals surface area contributed by atoms with Gasteiger partial charge in [0.1, 0.15) is 6.04 Å². The Morgan fingerprint density at radius 1 is 1.13 bits per heavy atom. The monoisotopic (exact) mass is 439 g/mol. The Morgan fingerprint density at radius 2 is 1.90 bits per heavy atom. The molecule has 3 heterocycles. The Kier molecular flexibility index (Phi) is 5.55. The van der Waals surface area contributed by atoms with Crippen molar-refractivity contribution in [3.8, 4) is 11.5 Å². The minimum Gasteiger partial charge on any atom is -0.454 e. The summed E-state index contributed by atoms with van der Waals surface area (Å²) in [5, 5.41) is 8.66.